The molecule has 106 valence electrons. The minimum absolute atomic E-state index is 0.0413. The molecule has 0 aliphatic carbocycles. The first kappa shape index (κ1) is 14.0. The van der Waals surface area contributed by atoms with Crippen LogP contribution in [0.15, 0.2) is 24.3 Å². The van der Waals surface area contributed by atoms with Gasteiger partial charge in [-0.05, 0) is 11.1 Å². The van der Waals surface area contributed by atoms with Crippen molar-refractivity contribution in [1.82, 2.24) is 5.32 Å². The molecule has 6 nitrogen and oxygen atoms in total. The molecule has 0 bridgehead atoms. The molecule has 0 aromatic heterocycles. The summed E-state index contributed by atoms with van der Waals surface area (Å²) in [5, 5.41) is 11.3. The largest absolute Gasteiger partial charge is 0.481 e. The van der Waals surface area contributed by atoms with E-state index in [1.165, 1.54) is 0 Å². The average molecular weight is 277 g/mol. The van der Waals surface area contributed by atoms with E-state index >= 15 is 0 Å². The van der Waals surface area contributed by atoms with E-state index in [1.807, 2.05) is 0 Å². The predicted molar refractivity (Wildman–Crippen MR) is 69.0 cm³/mol. The van der Waals surface area contributed by atoms with Crippen LogP contribution in [-0.4, -0.2) is 35.6 Å². The van der Waals surface area contributed by atoms with Gasteiger partial charge in [-0.15, -0.1) is 0 Å². The molecular formula is C14H15NO5. The lowest BCUT2D eigenvalue weighted by atomic mass is 10.1. The fraction of sp³-hybridized carbons (Fsp3) is 0.357. The maximum absolute atomic E-state index is 11.8. The van der Waals surface area contributed by atoms with Gasteiger partial charge in [0.1, 0.15) is 6.04 Å². The SMILES string of the molecule is O=C(O)Cc1ccc(CC(=O)NC2CCOC2=O)cc1. The van der Waals surface area contributed by atoms with Gasteiger partial charge in [-0.3, -0.25) is 9.59 Å². The zero-order chi connectivity index (χ0) is 14.5. The fourth-order valence-corrected chi connectivity index (χ4v) is 2.01. The van der Waals surface area contributed by atoms with Crippen LogP contribution in [0.1, 0.15) is 17.5 Å². The highest BCUT2D eigenvalue weighted by Crippen LogP contribution is 2.08. The quantitative estimate of drug-likeness (QED) is 0.754. The number of hydrogen-bond donors (Lipinski definition) is 2. The van der Waals surface area contributed by atoms with Crippen molar-refractivity contribution in [1.29, 1.82) is 0 Å². The van der Waals surface area contributed by atoms with Crippen LogP contribution in [0.3, 0.4) is 0 Å². The molecular weight excluding hydrogens is 262 g/mol. The van der Waals surface area contributed by atoms with Crippen molar-refractivity contribution in [3.8, 4) is 0 Å². The van der Waals surface area contributed by atoms with E-state index in [9.17, 15) is 14.4 Å². The molecule has 1 amide bonds. The van der Waals surface area contributed by atoms with Crippen LogP contribution in [0.25, 0.3) is 0 Å². The van der Waals surface area contributed by atoms with Gasteiger partial charge in [0.15, 0.2) is 0 Å². The maximum Gasteiger partial charge on any atom is 0.328 e. The third-order valence-electron chi connectivity index (χ3n) is 3.01. The first-order valence-corrected chi connectivity index (χ1v) is 6.30. The summed E-state index contributed by atoms with van der Waals surface area (Å²) in [4.78, 5) is 33.5. The number of aliphatic carboxylic acids is 1. The average Bonchev–Trinajstić information content (AvgIpc) is 2.77. The van der Waals surface area contributed by atoms with Gasteiger partial charge in [-0.2, -0.15) is 0 Å². The molecule has 0 saturated carbocycles. The second kappa shape index (κ2) is 6.18. The Hall–Kier alpha value is -2.37. The van der Waals surface area contributed by atoms with Crippen LogP contribution in [-0.2, 0) is 32.0 Å². The molecule has 1 aliphatic heterocycles. The molecule has 0 spiro atoms. The number of carboxylic acids is 1. The molecule has 1 aliphatic rings. The second-order valence-corrected chi connectivity index (χ2v) is 4.64. The van der Waals surface area contributed by atoms with E-state index in [0.717, 1.165) is 5.56 Å². The number of ether oxygens (including phenoxy) is 1. The van der Waals surface area contributed by atoms with Gasteiger partial charge in [0.05, 0.1) is 19.4 Å². The van der Waals surface area contributed by atoms with Crippen molar-refractivity contribution >= 4 is 17.8 Å². The Bertz CT molecular complexity index is 523. The summed E-state index contributed by atoms with van der Waals surface area (Å²) in [5.74, 6) is -1.54. The standard InChI is InChI=1S/C14H15NO5/c16-12(15-11-5-6-20-14(11)19)7-9-1-3-10(4-2-9)8-13(17)18/h1-4,11H,5-8H2,(H,15,16)(H,17,18). The van der Waals surface area contributed by atoms with Gasteiger partial charge >= 0.3 is 11.9 Å². The van der Waals surface area contributed by atoms with E-state index in [0.29, 0.717) is 18.6 Å². The van der Waals surface area contributed by atoms with Gasteiger partial charge in [-0.25, -0.2) is 4.79 Å². The second-order valence-electron chi connectivity index (χ2n) is 4.64. The summed E-state index contributed by atoms with van der Waals surface area (Å²) >= 11 is 0. The summed E-state index contributed by atoms with van der Waals surface area (Å²) < 4.78 is 4.76. The topological polar surface area (TPSA) is 92.7 Å². The molecule has 1 atom stereocenters. The summed E-state index contributed by atoms with van der Waals surface area (Å²) in [6, 6.07) is 6.24. The Labute approximate surface area is 115 Å². The Kier molecular flexibility index (Phi) is 4.34. The van der Waals surface area contributed by atoms with Crippen LogP contribution in [0.2, 0.25) is 0 Å². The van der Waals surface area contributed by atoms with Gasteiger partial charge in [0, 0.05) is 6.42 Å². The molecule has 6 heteroatoms. The zero-order valence-corrected chi connectivity index (χ0v) is 10.8. The van der Waals surface area contributed by atoms with E-state index in [2.05, 4.69) is 5.32 Å². The van der Waals surface area contributed by atoms with E-state index < -0.39 is 18.0 Å². The Morgan fingerprint density at radius 2 is 1.80 bits per heavy atom. The van der Waals surface area contributed by atoms with Gasteiger partial charge in [-0.1, -0.05) is 24.3 Å². The summed E-state index contributed by atoms with van der Waals surface area (Å²) in [6.45, 7) is 0.341. The lowest BCUT2D eigenvalue weighted by Gasteiger charge is -2.09. The van der Waals surface area contributed by atoms with Gasteiger partial charge in [0.25, 0.3) is 0 Å². The molecule has 1 unspecified atom stereocenters. The number of carbonyl (C=O) groups is 3. The van der Waals surface area contributed by atoms with Crippen LogP contribution in [0, 0.1) is 0 Å². The van der Waals surface area contributed by atoms with Crippen molar-refractivity contribution in [3.05, 3.63) is 35.4 Å². The van der Waals surface area contributed by atoms with Crippen molar-refractivity contribution in [3.63, 3.8) is 0 Å². The molecule has 2 rings (SSSR count). The molecule has 1 fully saturated rings. The third kappa shape index (κ3) is 3.81. The molecule has 1 aromatic rings. The molecule has 2 N–H and O–H groups in total. The maximum atomic E-state index is 11.8. The van der Waals surface area contributed by atoms with Crippen molar-refractivity contribution in [2.45, 2.75) is 25.3 Å². The number of amides is 1. The first-order chi connectivity index (χ1) is 9.54. The van der Waals surface area contributed by atoms with Crippen LogP contribution in [0.5, 0.6) is 0 Å². The summed E-state index contributed by atoms with van der Waals surface area (Å²) in [6.07, 6.45) is 0.611. The van der Waals surface area contributed by atoms with E-state index in [4.69, 9.17) is 9.84 Å². The van der Waals surface area contributed by atoms with Crippen molar-refractivity contribution in [2.75, 3.05) is 6.61 Å². The van der Waals surface area contributed by atoms with E-state index in [1.54, 1.807) is 24.3 Å². The Morgan fingerprint density at radius 3 is 2.30 bits per heavy atom. The number of esters is 1. The van der Waals surface area contributed by atoms with Gasteiger partial charge < -0.3 is 15.2 Å². The normalized spacial score (nSPS) is 17.6. The molecule has 1 saturated heterocycles. The van der Waals surface area contributed by atoms with Crippen molar-refractivity contribution < 1.29 is 24.2 Å². The van der Waals surface area contributed by atoms with Crippen LogP contribution >= 0.6 is 0 Å². The number of cyclic esters (lactones) is 1. The van der Waals surface area contributed by atoms with E-state index in [-0.39, 0.29) is 18.7 Å². The monoisotopic (exact) mass is 277 g/mol. The smallest absolute Gasteiger partial charge is 0.328 e. The molecule has 0 radical (unpaired) electrons. The molecule has 20 heavy (non-hydrogen) atoms. The predicted octanol–water partition coefficient (Wildman–Crippen LogP) is 0.288. The Morgan fingerprint density at radius 1 is 1.20 bits per heavy atom. The number of carboxylic acid groups (broad SMARTS) is 1. The number of rotatable bonds is 5. The summed E-state index contributed by atoms with van der Waals surface area (Å²) in [7, 11) is 0. The van der Waals surface area contributed by atoms with Crippen LogP contribution in [0.4, 0.5) is 0 Å². The molecule has 1 heterocycles. The Balaban J connectivity index is 1.87. The number of benzene rings is 1. The first-order valence-electron chi connectivity index (χ1n) is 6.30. The highest BCUT2D eigenvalue weighted by atomic mass is 16.5. The highest BCUT2D eigenvalue weighted by molar-refractivity contribution is 5.86. The van der Waals surface area contributed by atoms with Crippen LogP contribution < -0.4 is 5.32 Å². The number of carbonyl (C=O) groups excluding carboxylic acids is 2. The zero-order valence-electron chi connectivity index (χ0n) is 10.8. The van der Waals surface area contributed by atoms with Crippen molar-refractivity contribution in [2.24, 2.45) is 0 Å². The minimum atomic E-state index is -0.893. The lowest BCUT2D eigenvalue weighted by molar-refractivity contribution is -0.141. The molecule has 1 aromatic carbocycles. The van der Waals surface area contributed by atoms with Gasteiger partial charge in [0.2, 0.25) is 5.91 Å². The highest BCUT2D eigenvalue weighted by Gasteiger charge is 2.27. The number of hydrogen-bond acceptors (Lipinski definition) is 4. The summed E-state index contributed by atoms with van der Waals surface area (Å²) in [5.41, 5.74) is 1.45. The minimum Gasteiger partial charge on any atom is -0.481 e. The fourth-order valence-electron chi connectivity index (χ4n) is 2.01. The number of nitrogens with one attached hydrogen (secondary N) is 1. The third-order valence-corrected chi connectivity index (χ3v) is 3.01. The lowest BCUT2D eigenvalue weighted by Crippen LogP contribution is -2.38.